The highest BCUT2D eigenvalue weighted by Gasteiger charge is 2.20. The summed E-state index contributed by atoms with van der Waals surface area (Å²) in [4.78, 5) is 10.9. The van der Waals surface area contributed by atoms with Crippen molar-refractivity contribution in [2.24, 2.45) is 0 Å². The molecular formula is C16H17NO5. The Morgan fingerprint density at radius 3 is 2.68 bits per heavy atom. The van der Waals surface area contributed by atoms with Gasteiger partial charge in [-0.2, -0.15) is 0 Å². The minimum absolute atomic E-state index is 0.121. The molecule has 0 atom stereocenters. The standard InChI is InChI=1S/C16H17NO5/c1-20-13-7-6-10(14-9-12(16(18)19)17-22-14)8-15(13)21-11-4-2-3-5-11/h6-9,11H,2-5H2,1H3,(H,18,19). The number of methoxy groups -OCH3 is 1. The molecule has 1 aromatic heterocycles. The van der Waals surface area contributed by atoms with Crippen LogP contribution in [0.15, 0.2) is 28.8 Å². The molecule has 1 aliphatic rings. The summed E-state index contributed by atoms with van der Waals surface area (Å²) in [6.45, 7) is 0. The predicted molar refractivity (Wildman–Crippen MR) is 78.3 cm³/mol. The van der Waals surface area contributed by atoms with E-state index in [4.69, 9.17) is 19.1 Å². The lowest BCUT2D eigenvalue weighted by molar-refractivity contribution is 0.0686. The summed E-state index contributed by atoms with van der Waals surface area (Å²) in [5.74, 6) is 0.552. The van der Waals surface area contributed by atoms with Crippen LogP contribution < -0.4 is 9.47 Å². The van der Waals surface area contributed by atoms with Crippen molar-refractivity contribution >= 4 is 5.97 Å². The molecule has 0 spiro atoms. The van der Waals surface area contributed by atoms with Gasteiger partial charge in [-0.15, -0.1) is 0 Å². The summed E-state index contributed by atoms with van der Waals surface area (Å²) in [5.41, 5.74) is 0.581. The molecule has 1 heterocycles. The zero-order valence-corrected chi connectivity index (χ0v) is 12.2. The summed E-state index contributed by atoms with van der Waals surface area (Å²) >= 11 is 0. The van der Waals surface area contributed by atoms with Crippen LogP contribution in [0.4, 0.5) is 0 Å². The Balaban J connectivity index is 1.89. The molecular weight excluding hydrogens is 286 g/mol. The molecule has 22 heavy (non-hydrogen) atoms. The van der Waals surface area contributed by atoms with Crippen LogP contribution in [0.3, 0.4) is 0 Å². The van der Waals surface area contributed by atoms with E-state index in [0.717, 1.165) is 12.8 Å². The van der Waals surface area contributed by atoms with Crippen molar-refractivity contribution in [3.63, 3.8) is 0 Å². The first-order valence-corrected chi connectivity index (χ1v) is 7.22. The first-order valence-electron chi connectivity index (χ1n) is 7.22. The summed E-state index contributed by atoms with van der Waals surface area (Å²) in [7, 11) is 1.59. The first-order chi connectivity index (χ1) is 10.7. The highest BCUT2D eigenvalue weighted by molar-refractivity contribution is 5.86. The number of aromatic carboxylic acids is 1. The van der Waals surface area contributed by atoms with E-state index in [1.165, 1.54) is 18.9 Å². The summed E-state index contributed by atoms with van der Waals surface area (Å²) < 4.78 is 16.4. The van der Waals surface area contributed by atoms with Crippen molar-refractivity contribution in [1.29, 1.82) is 0 Å². The molecule has 0 saturated heterocycles. The van der Waals surface area contributed by atoms with Gasteiger partial charge in [0.2, 0.25) is 0 Å². The average molecular weight is 303 g/mol. The zero-order valence-electron chi connectivity index (χ0n) is 12.2. The van der Waals surface area contributed by atoms with Gasteiger partial charge < -0.3 is 19.1 Å². The Kier molecular flexibility index (Phi) is 4.00. The van der Waals surface area contributed by atoms with Crippen LogP contribution in [0.5, 0.6) is 11.5 Å². The fourth-order valence-electron chi connectivity index (χ4n) is 2.62. The SMILES string of the molecule is COc1ccc(-c2cc(C(=O)O)no2)cc1OC1CCCC1. The van der Waals surface area contributed by atoms with Gasteiger partial charge in [-0.1, -0.05) is 5.16 Å². The van der Waals surface area contributed by atoms with Crippen molar-refractivity contribution in [2.45, 2.75) is 31.8 Å². The third-order valence-corrected chi connectivity index (χ3v) is 3.77. The third kappa shape index (κ3) is 2.90. The molecule has 0 unspecified atom stereocenters. The van der Waals surface area contributed by atoms with E-state index in [2.05, 4.69) is 5.16 Å². The molecule has 1 N–H and O–H groups in total. The fraction of sp³-hybridized carbons (Fsp3) is 0.375. The van der Waals surface area contributed by atoms with Crippen molar-refractivity contribution < 1.29 is 23.9 Å². The van der Waals surface area contributed by atoms with Crippen LogP contribution in [0, 0.1) is 0 Å². The van der Waals surface area contributed by atoms with E-state index >= 15 is 0 Å². The second-order valence-corrected chi connectivity index (χ2v) is 5.27. The zero-order chi connectivity index (χ0) is 15.5. The van der Waals surface area contributed by atoms with Gasteiger partial charge in [0.1, 0.15) is 0 Å². The fourth-order valence-corrected chi connectivity index (χ4v) is 2.62. The number of carboxylic acids is 1. The lowest BCUT2D eigenvalue weighted by Gasteiger charge is -2.16. The Bertz CT molecular complexity index is 673. The van der Waals surface area contributed by atoms with Gasteiger partial charge in [0.25, 0.3) is 0 Å². The van der Waals surface area contributed by atoms with Gasteiger partial charge in [-0.3, -0.25) is 0 Å². The highest BCUT2D eigenvalue weighted by Crippen LogP contribution is 2.35. The number of carboxylic acid groups (broad SMARTS) is 1. The molecule has 6 nitrogen and oxygen atoms in total. The molecule has 0 radical (unpaired) electrons. The smallest absolute Gasteiger partial charge is 0.358 e. The third-order valence-electron chi connectivity index (χ3n) is 3.77. The monoisotopic (exact) mass is 303 g/mol. The van der Waals surface area contributed by atoms with Crippen molar-refractivity contribution in [2.75, 3.05) is 7.11 Å². The van der Waals surface area contributed by atoms with E-state index < -0.39 is 5.97 Å². The maximum atomic E-state index is 10.9. The molecule has 1 aromatic carbocycles. The van der Waals surface area contributed by atoms with Crippen molar-refractivity contribution in [3.05, 3.63) is 30.0 Å². The Labute approximate surface area is 127 Å². The molecule has 3 rings (SSSR count). The van der Waals surface area contributed by atoms with Gasteiger partial charge in [0, 0.05) is 11.6 Å². The van der Waals surface area contributed by atoms with Crippen LogP contribution >= 0.6 is 0 Å². The highest BCUT2D eigenvalue weighted by atomic mass is 16.5. The normalized spacial score (nSPS) is 15.0. The van der Waals surface area contributed by atoms with Crippen LogP contribution in [0.1, 0.15) is 36.2 Å². The van der Waals surface area contributed by atoms with E-state index in [-0.39, 0.29) is 11.8 Å². The number of hydrogen-bond acceptors (Lipinski definition) is 5. The maximum absolute atomic E-state index is 10.9. The minimum Gasteiger partial charge on any atom is -0.493 e. The number of nitrogens with zero attached hydrogens (tertiary/aromatic N) is 1. The second-order valence-electron chi connectivity index (χ2n) is 5.27. The van der Waals surface area contributed by atoms with E-state index in [9.17, 15) is 4.79 Å². The lowest BCUT2D eigenvalue weighted by Crippen LogP contribution is -2.11. The molecule has 116 valence electrons. The van der Waals surface area contributed by atoms with Gasteiger partial charge in [0.15, 0.2) is 23.0 Å². The van der Waals surface area contributed by atoms with Crippen LogP contribution in [-0.2, 0) is 0 Å². The van der Waals surface area contributed by atoms with Gasteiger partial charge in [0.05, 0.1) is 13.2 Å². The number of ether oxygens (including phenoxy) is 2. The molecule has 1 fully saturated rings. The van der Waals surface area contributed by atoms with Gasteiger partial charge >= 0.3 is 5.97 Å². The number of benzene rings is 1. The topological polar surface area (TPSA) is 81.8 Å². The Morgan fingerprint density at radius 2 is 2.05 bits per heavy atom. The molecule has 1 saturated carbocycles. The number of carbonyl (C=O) groups is 1. The van der Waals surface area contributed by atoms with E-state index in [0.29, 0.717) is 22.8 Å². The second kappa shape index (κ2) is 6.09. The van der Waals surface area contributed by atoms with Crippen molar-refractivity contribution in [1.82, 2.24) is 5.16 Å². The lowest BCUT2D eigenvalue weighted by atomic mass is 10.1. The molecule has 0 amide bonds. The van der Waals surface area contributed by atoms with Crippen molar-refractivity contribution in [3.8, 4) is 22.8 Å². The molecule has 2 aromatic rings. The van der Waals surface area contributed by atoms with E-state index in [1.54, 1.807) is 25.3 Å². The maximum Gasteiger partial charge on any atom is 0.358 e. The first kappa shape index (κ1) is 14.4. The Morgan fingerprint density at radius 1 is 1.27 bits per heavy atom. The van der Waals surface area contributed by atoms with Gasteiger partial charge in [-0.05, 0) is 43.9 Å². The average Bonchev–Trinajstić information content (AvgIpc) is 3.18. The van der Waals surface area contributed by atoms with Crippen LogP contribution in [0.2, 0.25) is 0 Å². The minimum atomic E-state index is -1.12. The molecule has 6 heteroatoms. The number of aromatic nitrogens is 1. The number of rotatable bonds is 5. The van der Waals surface area contributed by atoms with E-state index in [1.807, 2.05) is 0 Å². The van der Waals surface area contributed by atoms with Crippen LogP contribution in [0.25, 0.3) is 11.3 Å². The quantitative estimate of drug-likeness (QED) is 0.912. The number of hydrogen-bond donors (Lipinski definition) is 1. The van der Waals surface area contributed by atoms with Crippen LogP contribution in [-0.4, -0.2) is 29.4 Å². The Hall–Kier alpha value is -2.50. The molecule has 0 aliphatic heterocycles. The predicted octanol–water partition coefficient (Wildman–Crippen LogP) is 3.37. The summed E-state index contributed by atoms with van der Waals surface area (Å²) in [5, 5.41) is 12.4. The largest absolute Gasteiger partial charge is 0.493 e. The summed E-state index contributed by atoms with van der Waals surface area (Å²) in [6.07, 6.45) is 4.64. The molecule has 1 aliphatic carbocycles. The van der Waals surface area contributed by atoms with Gasteiger partial charge in [-0.25, -0.2) is 4.79 Å². The molecule has 0 bridgehead atoms. The summed E-state index contributed by atoms with van der Waals surface area (Å²) in [6, 6.07) is 6.75.